The molecule has 0 aromatic heterocycles. The van der Waals surface area contributed by atoms with E-state index in [1.807, 2.05) is 0 Å². The molecule has 2 bridgehead atoms. The van der Waals surface area contributed by atoms with Crippen LogP contribution < -0.4 is 0 Å². The van der Waals surface area contributed by atoms with E-state index in [1.54, 1.807) is 0 Å². The fourth-order valence-electron chi connectivity index (χ4n) is 3.02. The van der Waals surface area contributed by atoms with Crippen molar-refractivity contribution in [3.05, 3.63) is 11.8 Å². The highest BCUT2D eigenvalue weighted by Gasteiger charge is 2.54. The Balaban J connectivity index is 2.24. The highest BCUT2D eigenvalue weighted by atomic mass is 28.4. The summed E-state index contributed by atoms with van der Waals surface area (Å²) in [4.78, 5) is 0. The third-order valence-corrected chi connectivity index (χ3v) is 10.2. The van der Waals surface area contributed by atoms with Crippen molar-refractivity contribution in [3.8, 4) is 0 Å². The molecular formula is C17H32O2Si. The van der Waals surface area contributed by atoms with E-state index in [1.165, 1.54) is 0 Å². The van der Waals surface area contributed by atoms with Crippen molar-refractivity contribution in [1.29, 1.82) is 0 Å². The molecule has 2 aliphatic heterocycles. The Morgan fingerprint density at radius 3 is 2.35 bits per heavy atom. The minimum atomic E-state index is -1.78. The Hall–Kier alpha value is -0.283. The maximum Gasteiger partial charge on any atom is 0.250 e. The van der Waals surface area contributed by atoms with Gasteiger partial charge < -0.3 is 9.16 Å². The highest BCUT2D eigenvalue weighted by molar-refractivity contribution is 6.74. The first-order valence-corrected chi connectivity index (χ1v) is 10.9. The molecule has 0 aromatic rings. The van der Waals surface area contributed by atoms with Gasteiger partial charge in [0.2, 0.25) is 8.32 Å². The summed E-state index contributed by atoms with van der Waals surface area (Å²) < 4.78 is 13.1. The van der Waals surface area contributed by atoms with Crippen LogP contribution in [0, 0.1) is 5.92 Å². The standard InChI is InChI=1S/C17H32O2Si/c1-13(2)17-10-9-14(16(6,19-17)11-12-17)18-20(7,8)15(3,4)5/h9,13H,10-12H2,1-8H3/t16-,17-/m1/s1. The molecule has 2 nitrogen and oxygen atoms in total. The monoisotopic (exact) mass is 296 g/mol. The maximum atomic E-state index is 6.58. The van der Waals surface area contributed by atoms with E-state index in [0.717, 1.165) is 25.0 Å². The van der Waals surface area contributed by atoms with Gasteiger partial charge in [0.05, 0.1) is 5.60 Å². The van der Waals surface area contributed by atoms with Crippen LogP contribution in [0.1, 0.15) is 60.8 Å². The summed E-state index contributed by atoms with van der Waals surface area (Å²) >= 11 is 0. The SMILES string of the molecule is CC(C)[C@@]12CC=C(O[Si](C)(C)C(C)(C)C)[C@@](C)(CC1)O2. The van der Waals surface area contributed by atoms with Gasteiger partial charge in [0.15, 0.2) is 0 Å². The predicted molar refractivity (Wildman–Crippen MR) is 87.3 cm³/mol. The molecule has 0 aromatic carbocycles. The summed E-state index contributed by atoms with van der Waals surface area (Å²) in [6.07, 6.45) is 5.58. The second-order valence-corrected chi connectivity index (χ2v) is 13.4. The van der Waals surface area contributed by atoms with E-state index in [9.17, 15) is 0 Å². The van der Waals surface area contributed by atoms with Crippen LogP contribution in [0.2, 0.25) is 18.1 Å². The molecule has 0 unspecified atom stereocenters. The van der Waals surface area contributed by atoms with Crippen LogP contribution >= 0.6 is 0 Å². The van der Waals surface area contributed by atoms with Crippen molar-refractivity contribution >= 4 is 8.32 Å². The summed E-state index contributed by atoms with van der Waals surface area (Å²) in [5.74, 6) is 1.67. The van der Waals surface area contributed by atoms with Crippen LogP contribution in [0.4, 0.5) is 0 Å². The van der Waals surface area contributed by atoms with E-state index in [2.05, 4.69) is 60.7 Å². The molecule has 3 heteroatoms. The zero-order valence-electron chi connectivity index (χ0n) is 14.6. The largest absolute Gasteiger partial charge is 0.545 e. The molecular weight excluding hydrogens is 264 g/mol. The quantitative estimate of drug-likeness (QED) is 0.661. The number of ether oxygens (including phenoxy) is 1. The number of fused-ring (bicyclic) bond motifs is 2. The van der Waals surface area contributed by atoms with Crippen molar-refractivity contribution < 1.29 is 9.16 Å². The Morgan fingerprint density at radius 1 is 1.25 bits per heavy atom. The number of hydrogen-bond acceptors (Lipinski definition) is 2. The fraction of sp³-hybridized carbons (Fsp3) is 0.882. The van der Waals surface area contributed by atoms with E-state index in [-0.39, 0.29) is 16.2 Å². The number of hydrogen-bond donors (Lipinski definition) is 0. The Labute approximate surface area is 126 Å². The van der Waals surface area contributed by atoms with Gasteiger partial charge in [0.1, 0.15) is 11.4 Å². The highest BCUT2D eigenvalue weighted by Crippen LogP contribution is 2.53. The molecule has 20 heavy (non-hydrogen) atoms. The smallest absolute Gasteiger partial charge is 0.250 e. The molecule has 2 aliphatic rings. The maximum absolute atomic E-state index is 6.58. The zero-order chi connectivity index (χ0) is 15.4. The molecule has 116 valence electrons. The molecule has 2 heterocycles. The van der Waals surface area contributed by atoms with Gasteiger partial charge in [-0.15, -0.1) is 0 Å². The van der Waals surface area contributed by atoms with Gasteiger partial charge in [-0.3, -0.25) is 0 Å². The minimum Gasteiger partial charge on any atom is -0.545 e. The van der Waals surface area contributed by atoms with Gasteiger partial charge in [-0.05, 0) is 56.3 Å². The second kappa shape index (κ2) is 4.61. The van der Waals surface area contributed by atoms with Gasteiger partial charge in [-0.2, -0.15) is 0 Å². The lowest BCUT2D eigenvalue weighted by molar-refractivity contribution is -0.123. The van der Waals surface area contributed by atoms with Gasteiger partial charge >= 0.3 is 0 Å². The molecule has 0 aliphatic carbocycles. The van der Waals surface area contributed by atoms with Gasteiger partial charge in [0.25, 0.3) is 0 Å². The third-order valence-electron chi connectivity index (χ3n) is 5.83. The first-order chi connectivity index (χ1) is 8.92. The summed E-state index contributed by atoms with van der Waals surface area (Å²) in [6.45, 7) is 18.3. The molecule has 0 saturated carbocycles. The van der Waals surface area contributed by atoms with Crippen LogP contribution in [0.5, 0.6) is 0 Å². The second-order valence-electron chi connectivity index (χ2n) is 8.69. The molecule has 2 atom stereocenters. The lowest BCUT2D eigenvalue weighted by atomic mass is 9.85. The van der Waals surface area contributed by atoms with E-state index >= 15 is 0 Å². The van der Waals surface area contributed by atoms with Gasteiger partial charge in [-0.1, -0.05) is 34.6 Å². The van der Waals surface area contributed by atoms with Crippen molar-refractivity contribution in [1.82, 2.24) is 0 Å². The number of rotatable bonds is 3. The van der Waals surface area contributed by atoms with Crippen molar-refractivity contribution in [2.45, 2.75) is 90.1 Å². The van der Waals surface area contributed by atoms with Crippen LogP contribution in [-0.4, -0.2) is 19.5 Å². The van der Waals surface area contributed by atoms with Crippen LogP contribution in [-0.2, 0) is 9.16 Å². The topological polar surface area (TPSA) is 18.5 Å². The first-order valence-electron chi connectivity index (χ1n) is 8.02. The molecule has 0 spiro atoms. The lowest BCUT2D eigenvalue weighted by Crippen LogP contribution is -2.47. The Kier molecular flexibility index (Phi) is 3.71. The molecule has 1 fully saturated rings. The zero-order valence-corrected chi connectivity index (χ0v) is 15.6. The van der Waals surface area contributed by atoms with Gasteiger partial charge in [0, 0.05) is 0 Å². The molecule has 2 rings (SSSR count). The summed E-state index contributed by atoms with van der Waals surface area (Å²) in [5.41, 5.74) is -0.146. The average Bonchev–Trinajstić information content (AvgIpc) is 2.57. The Morgan fingerprint density at radius 2 is 1.85 bits per heavy atom. The molecule has 0 amide bonds. The van der Waals surface area contributed by atoms with E-state index in [0.29, 0.717) is 5.92 Å². The molecule has 0 N–H and O–H groups in total. The van der Waals surface area contributed by atoms with Crippen LogP contribution in [0.15, 0.2) is 11.8 Å². The molecule has 0 radical (unpaired) electrons. The lowest BCUT2D eigenvalue weighted by Gasteiger charge is -2.45. The van der Waals surface area contributed by atoms with Crippen LogP contribution in [0.3, 0.4) is 0 Å². The first kappa shape index (κ1) is 16.1. The van der Waals surface area contributed by atoms with Crippen molar-refractivity contribution in [2.24, 2.45) is 5.92 Å². The normalized spacial score (nSPS) is 34.4. The van der Waals surface area contributed by atoms with Gasteiger partial charge in [-0.25, -0.2) is 0 Å². The molecule has 1 saturated heterocycles. The van der Waals surface area contributed by atoms with Crippen LogP contribution in [0.25, 0.3) is 0 Å². The fourth-order valence-corrected chi connectivity index (χ4v) is 4.17. The Bertz CT molecular complexity index is 419. The van der Waals surface area contributed by atoms with E-state index < -0.39 is 8.32 Å². The van der Waals surface area contributed by atoms with Crippen molar-refractivity contribution in [3.63, 3.8) is 0 Å². The summed E-state index contributed by atoms with van der Waals surface area (Å²) in [7, 11) is -1.78. The third kappa shape index (κ3) is 2.48. The predicted octanol–water partition coefficient (Wildman–Crippen LogP) is 5.26. The summed E-state index contributed by atoms with van der Waals surface area (Å²) in [5, 5.41) is 0.232. The minimum absolute atomic E-state index is 0.0506. The average molecular weight is 297 g/mol. The van der Waals surface area contributed by atoms with E-state index in [4.69, 9.17) is 9.16 Å². The summed E-state index contributed by atoms with van der Waals surface area (Å²) in [6, 6.07) is 0. The van der Waals surface area contributed by atoms with Crippen molar-refractivity contribution in [2.75, 3.05) is 0 Å².